The van der Waals surface area contributed by atoms with Crippen molar-refractivity contribution >= 4 is 29.3 Å². The molecular formula is C11H16OS2. The van der Waals surface area contributed by atoms with Gasteiger partial charge in [-0.25, -0.2) is 0 Å². The molecule has 0 N–H and O–H groups in total. The third kappa shape index (κ3) is 1.76. The highest BCUT2D eigenvalue weighted by molar-refractivity contribution is 8.20. The maximum absolute atomic E-state index is 11.3. The highest BCUT2D eigenvalue weighted by Crippen LogP contribution is 2.51. The molecule has 2 atom stereocenters. The minimum Gasteiger partial charge on any atom is -0.295 e. The number of allylic oxidation sites excluding steroid dienone is 2. The second-order valence-electron chi connectivity index (χ2n) is 4.34. The summed E-state index contributed by atoms with van der Waals surface area (Å²) in [6, 6.07) is 0. The number of carbonyl (C=O) groups is 1. The topological polar surface area (TPSA) is 17.1 Å². The normalized spacial score (nSPS) is 39.3. The SMILES string of the molecule is C[C@H]1CC(=O)C=C[C@]1(C)C1SCCS1. The van der Waals surface area contributed by atoms with Crippen molar-refractivity contribution in [1.29, 1.82) is 0 Å². The summed E-state index contributed by atoms with van der Waals surface area (Å²) in [5, 5.41) is 0. The van der Waals surface area contributed by atoms with E-state index in [2.05, 4.69) is 43.4 Å². The van der Waals surface area contributed by atoms with E-state index >= 15 is 0 Å². The predicted octanol–water partition coefficient (Wildman–Crippen LogP) is 2.96. The number of ketones is 1. The predicted molar refractivity (Wildman–Crippen MR) is 64.7 cm³/mol. The van der Waals surface area contributed by atoms with Crippen LogP contribution in [0.3, 0.4) is 0 Å². The lowest BCUT2D eigenvalue weighted by Gasteiger charge is -2.39. The largest absolute Gasteiger partial charge is 0.295 e. The van der Waals surface area contributed by atoms with Crippen molar-refractivity contribution in [3.05, 3.63) is 12.2 Å². The Morgan fingerprint density at radius 2 is 2.07 bits per heavy atom. The maximum Gasteiger partial charge on any atom is 0.155 e. The van der Waals surface area contributed by atoms with E-state index in [1.807, 2.05) is 0 Å². The van der Waals surface area contributed by atoms with Crippen LogP contribution in [0, 0.1) is 11.3 Å². The van der Waals surface area contributed by atoms with E-state index in [9.17, 15) is 4.79 Å². The molecule has 2 aliphatic rings. The Balaban J connectivity index is 2.20. The molecule has 0 aromatic heterocycles. The molecule has 0 amide bonds. The van der Waals surface area contributed by atoms with Gasteiger partial charge in [-0.1, -0.05) is 19.9 Å². The summed E-state index contributed by atoms with van der Waals surface area (Å²) < 4.78 is 0.654. The summed E-state index contributed by atoms with van der Waals surface area (Å²) in [5.41, 5.74) is 0.222. The van der Waals surface area contributed by atoms with E-state index in [0.29, 0.717) is 16.3 Å². The Morgan fingerprint density at radius 1 is 1.43 bits per heavy atom. The van der Waals surface area contributed by atoms with E-state index in [-0.39, 0.29) is 5.41 Å². The zero-order chi connectivity index (χ0) is 10.2. The fourth-order valence-electron chi connectivity index (χ4n) is 2.05. The van der Waals surface area contributed by atoms with Crippen LogP contribution in [-0.4, -0.2) is 21.9 Å². The number of hydrogen-bond donors (Lipinski definition) is 0. The Labute approximate surface area is 94.1 Å². The van der Waals surface area contributed by atoms with E-state index in [1.165, 1.54) is 11.5 Å². The molecule has 0 aromatic rings. The van der Waals surface area contributed by atoms with Gasteiger partial charge in [0.1, 0.15) is 0 Å². The van der Waals surface area contributed by atoms with Crippen molar-refractivity contribution in [2.75, 3.05) is 11.5 Å². The van der Waals surface area contributed by atoms with Crippen LogP contribution < -0.4 is 0 Å². The van der Waals surface area contributed by atoms with Gasteiger partial charge in [0.2, 0.25) is 0 Å². The molecular weight excluding hydrogens is 212 g/mol. The third-order valence-electron chi connectivity index (χ3n) is 3.33. The lowest BCUT2D eigenvalue weighted by atomic mass is 9.73. The average molecular weight is 228 g/mol. The zero-order valence-corrected chi connectivity index (χ0v) is 10.3. The number of carbonyl (C=O) groups excluding carboxylic acids is 1. The Bertz CT molecular complexity index is 268. The molecule has 14 heavy (non-hydrogen) atoms. The molecule has 0 bridgehead atoms. The number of hydrogen-bond acceptors (Lipinski definition) is 3. The summed E-state index contributed by atoms with van der Waals surface area (Å²) in [6.45, 7) is 4.51. The smallest absolute Gasteiger partial charge is 0.155 e. The molecule has 0 radical (unpaired) electrons. The van der Waals surface area contributed by atoms with Crippen LogP contribution in [0.1, 0.15) is 20.3 Å². The number of rotatable bonds is 1. The summed E-state index contributed by atoms with van der Waals surface area (Å²) in [6.07, 6.45) is 4.67. The molecule has 0 spiro atoms. The van der Waals surface area contributed by atoms with Crippen molar-refractivity contribution in [3.8, 4) is 0 Å². The minimum atomic E-state index is 0.222. The molecule has 0 aromatic carbocycles. The summed E-state index contributed by atoms with van der Waals surface area (Å²) in [4.78, 5) is 11.3. The molecule has 2 rings (SSSR count). The van der Waals surface area contributed by atoms with Crippen molar-refractivity contribution in [1.82, 2.24) is 0 Å². The van der Waals surface area contributed by atoms with Gasteiger partial charge in [-0.2, -0.15) is 0 Å². The molecule has 3 heteroatoms. The molecule has 1 heterocycles. The molecule has 0 unspecified atom stereocenters. The molecule has 78 valence electrons. The molecule has 1 aliphatic heterocycles. The lowest BCUT2D eigenvalue weighted by molar-refractivity contribution is -0.116. The first-order valence-electron chi connectivity index (χ1n) is 5.08. The lowest BCUT2D eigenvalue weighted by Crippen LogP contribution is -2.35. The van der Waals surface area contributed by atoms with Crippen LogP contribution in [0.5, 0.6) is 0 Å². The van der Waals surface area contributed by atoms with Crippen LogP contribution in [0.25, 0.3) is 0 Å². The van der Waals surface area contributed by atoms with Gasteiger partial charge < -0.3 is 0 Å². The second kappa shape index (κ2) is 3.93. The van der Waals surface area contributed by atoms with Crippen LogP contribution in [-0.2, 0) is 4.79 Å². The van der Waals surface area contributed by atoms with E-state index in [1.54, 1.807) is 6.08 Å². The van der Waals surface area contributed by atoms with Crippen LogP contribution in [0.4, 0.5) is 0 Å². The Kier molecular flexibility index (Phi) is 2.98. The Morgan fingerprint density at radius 3 is 2.64 bits per heavy atom. The van der Waals surface area contributed by atoms with Gasteiger partial charge in [0.05, 0.1) is 4.58 Å². The van der Waals surface area contributed by atoms with Crippen molar-refractivity contribution < 1.29 is 4.79 Å². The van der Waals surface area contributed by atoms with Crippen molar-refractivity contribution in [2.24, 2.45) is 11.3 Å². The monoisotopic (exact) mass is 228 g/mol. The third-order valence-corrected chi connectivity index (χ3v) is 6.90. The van der Waals surface area contributed by atoms with Crippen LogP contribution >= 0.6 is 23.5 Å². The first kappa shape index (κ1) is 10.6. The summed E-state index contributed by atoms with van der Waals surface area (Å²) in [7, 11) is 0. The van der Waals surface area contributed by atoms with Crippen molar-refractivity contribution in [2.45, 2.75) is 24.9 Å². The summed E-state index contributed by atoms with van der Waals surface area (Å²) >= 11 is 4.11. The highest BCUT2D eigenvalue weighted by atomic mass is 32.2. The fourth-order valence-corrected chi connectivity index (χ4v) is 5.56. The molecule has 1 fully saturated rings. The van der Waals surface area contributed by atoms with E-state index in [0.717, 1.165) is 6.42 Å². The average Bonchev–Trinajstić information content (AvgIpc) is 2.65. The first-order chi connectivity index (χ1) is 6.63. The van der Waals surface area contributed by atoms with Gasteiger partial charge in [0.15, 0.2) is 5.78 Å². The van der Waals surface area contributed by atoms with Gasteiger partial charge in [-0.15, -0.1) is 23.5 Å². The molecule has 0 saturated carbocycles. The van der Waals surface area contributed by atoms with Gasteiger partial charge in [0, 0.05) is 23.3 Å². The molecule has 1 aliphatic carbocycles. The van der Waals surface area contributed by atoms with Gasteiger partial charge >= 0.3 is 0 Å². The quantitative estimate of drug-likeness (QED) is 0.687. The summed E-state index contributed by atoms with van der Waals surface area (Å²) in [5.74, 6) is 3.31. The molecule has 1 nitrogen and oxygen atoms in total. The zero-order valence-electron chi connectivity index (χ0n) is 8.66. The molecule has 1 saturated heterocycles. The minimum absolute atomic E-state index is 0.222. The second-order valence-corrected chi connectivity index (χ2v) is 7.07. The highest BCUT2D eigenvalue weighted by Gasteiger charge is 2.41. The maximum atomic E-state index is 11.3. The van der Waals surface area contributed by atoms with Gasteiger partial charge in [-0.3, -0.25) is 4.79 Å². The number of thioether (sulfide) groups is 2. The first-order valence-corrected chi connectivity index (χ1v) is 7.18. The van der Waals surface area contributed by atoms with Gasteiger partial charge in [-0.05, 0) is 12.0 Å². The Hall–Kier alpha value is 0.110. The van der Waals surface area contributed by atoms with E-state index in [4.69, 9.17) is 0 Å². The standard InChI is InChI=1S/C11H16OS2/c1-8-7-9(12)3-4-11(8,2)10-13-5-6-14-10/h3-4,8,10H,5-7H2,1-2H3/t8-,11-/m0/s1. The van der Waals surface area contributed by atoms with E-state index < -0.39 is 0 Å². The van der Waals surface area contributed by atoms with Crippen molar-refractivity contribution in [3.63, 3.8) is 0 Å². The van der Waals surface area contributed by atoms with Gasteiger partial charge in [0.25, 0.3) is 0 Å². The fraction of sp³-hybridized carbons (Fsp3) is 0.727. The van der Waals surface area contributed by atoms with Crippen LogP contribution in [0.15, 0.2) is 12.2 Å². The van der Waals surface area contributed by atoms with Crippen LogP contribution in [0.2, 0.25) is 0 Å².